The summed E-state index contributed by atoms with van der Waals surface area (Å²) in [6.07, 6.45) is 7.79. The minimum atomic E-state index is -4.29. The molecule has 11 heteroatoms. The fraction of sp³-hybridized carbons (Fsp3) is 0.0769. The molecule has 37 heavy (non-hydrogen) atoms. The number of nitrogens with zero attached hydrogens (tertiary/aromatic N) is 3. The number of anilines is 1. The van der Waals surface area contributed by atoms with Crippen molar-refractivity contribution in [3.63, 3.8) is 0 Å². The molecule has 1 aromatic carbocycles. The Balaban J connectivity index is 1.94. The number of hydrogen-bond acceptors (Lipinski definition) is 9. The Bertz CT molecular complexity index is 1740. The van der Waals surface area contributed by atoms with Crippen LogP contribution in [-0.4, -0.2) is 41.9 Å². The molecule has 0 bridgehead atoms. The van der Waals surface area contributed by atoms with Gasteiger partial charge in [-0.3, -0.25) is 19.3 Å². The number of pyridine rings is 2. The summed E-state index contributed by atoms with van der Waals surface area (Å²) in [6.45, 7) is 0. The second-order valence-electron chi connectivity index (χ2n) is 8.01. The third-order valence-corrected chi connectivity index (χ3v) is 8.87. The van der Waals surface area contributed by atoms with Crippen molar-refractivity contribution >= 4 is 50.1 Å². The lowest BCUT2D eigenvalue weighted by Gasteiger charge is -2.23. The van der Waals surface area contributed by atoms with Crippen molar-refractivity contribution in [2.75, 3.05) is 12.8 Å². The molecule has 186 valence electrons. The number of carbonyl (C=O) groups excluding carboxylic acids is 2. The minimum absolute atomic E-state index is 0.0431. The van der Waals surface area contributed by atoms with Crippen LogP contribution in [0.3, 0.4) is 0 Å². The van der Waals surface area contributed by atoms with Gasteiger partial charge in [0.05, 0.1) is 23.0 Å². The molecule has 1 aliphatic rings. The van der Waals surface area contributed by atoms with E-state index in [4.69, 9.17) is 10.5 Å². The van der Waals surface area contributed by atoms with E-state index in [0.717, 1.165) is 16.3 Å². The smallest absolute Gasteiger partial charge is 0.346 e. The summed E-state index contributed by atoms with van der Waals surface area (Å²) in [6, 6.07) is 14.5. The number of benzene rings is 1. The number of rotatable bonds is 5. The molecule has 1 atom stereocenters. The first-order chi connectivity index (χ1) is 17.8. The van der Waals surface area contributed by atoms with Gasteiger partial charge >= 0.3 is 5.97 Å². The van der Waals surface area contributed by atoms with Gasteiger partial charge in [-0.1, -0.05) is 42.1 Å². The maximum absolute atomic E-state index is 14.0. The Hall–Kier alpha value is -4.22. The monoisotopic (exact) mass is 532 g/mol. The predicted molar refractivity (Wildman–Crippen MR) is 138 cm³/mol. The molecule has 5 rings (SSSR count). The second-order valence-corrected chi connectivity index (χ2v) is 11.0. The molecule has 2 N–H and O–H groups in total. The SMILES string of the molecule is COC(=O)C1=c2/c(=C/c3cccnc3)c(N)c(S(=O)(=O)c3ccccc3)n2C(=O)C(c2cccnc2)S1. The van der Waals surface area contributed by atoms with Gasteiger partial charge in [0.1, 0.15) is 10.2 Å². The third-order valence-electron chi connectivity index (χ3n) is 5.76. The van der Waals surface area contributed by atoms with Crippen LogP contribution in [0.5, 0.6) is 0 Å². The maximum Gasteiger partial charge on any atom is 0.346 e. The molecular weight excluding hydrogens is 512 g/mol. The van der Waals surface area contributed by atoms with E-state index in [1.54, 1.807) is 67.1 Å². The second kappa shape index (κ2) is 9.68. The fourth-order valence-corrected chi connectivity index (χ4v) is 6.86. The van der Waals surface area contributed by atoms with E-state index in [0.29, 0.717) is 11.1 Å². The molecule has 0 fully saturated rings. The van der Waals surface area contributed by atoms with Gasteiger partial charge < -0.3 is 10.5 Å². The van der Waals surface area contributed by atoms with Gasteiger partial charge in [0.25, 0.3) is 0 Å². The van der Waals surface area contributed by atoms with Gasteiger partial charge in [0.2, 0.25) is 15.7 Å². The molecule has 0 amide bonds. The van der Waals surface area contributed by atoms with Crippen molar-refractivity contribution in [3.05, 3.63) is 101 Å². The van der Waals surface area contributed by atoms with Crippen molar-refractivity contribution in [3.8, 4) is 0 Å². The quantitative estimate of drug-likeness (QED) is 0.383. The predicted octanol–water partition coefficient (Wildman–Crippen LogP) is 1.93. The molecule has 1 aliphatic heterocycles. The topological polar surface area (TPSA) is 134 Å². The number of nitrogen functional groups attached to an aromatic ring is 1. The molecule has 0 saturated carbocycles. The van der Waals surface area contributed by atoms with Crippen molar-refractivity contribution in [1.82, 2.24) is 14.5 Å². The Labute approximate surface area is 216 Å². The number of sulfone groups is 1. The first kappa shape index (κ1) is 24.5. The fourth-order valence-electron chi connectivity index (χ4n) is 4.09. The van der Waals surface area contributed by atoms with Gasteiger partial charge in [-0.25, -0.2) is 13.2 Å². The zero-order chi connectivity index (χ0) is 26.2. The first-order valence-corrected chi connectivity index (χ1v) is 13.4. The van der Waals surface area contributed by atoms with Gasteiger partial charge in [-0.2, -0.15) is 0 Å². The summed E-state index contributed by atoms with van der Waals surface area (Å²) in [5.41, 5.74) is 7.45. The molecule has 4 aromatic rings. The van der Waals surface area contributed by atoms with Crippen LogP contribution in [0.4, 0.5) is 5.69 Å². The number of methoxy groups -OCH3 is 1. The van der Waals surface area contributed by atoms with Gasteiger partial charge in [0.15, 0.2) is 5.03 Å². The zero-order valence-corrected chi connectivity index (χ0v) is 21.1. The molecular formula is C26H20N4O5S2. The summed E-state index contributed by atoms with van der Waals surface area (Å²) < 4.78 is 33.9. The lowest BCUT2D eigenvalue weighted by molar-refractivity contribution is -0.133. The highest BCUT2D eigenvalue weighted by atomic mass is 32.2. The van der Waals surface area contributed by atoms with Crippen LogP contribution in [0.2, 0.25) is 0 Å². The van der Waals surface area contributed by atoms with Crippen molar-refractivity contribution in [2.24, 2.45) is 0 Å². The summed E-state index contributed by atoms with van der Waals surface area (Å²) in [4.78, 5) is 35.2. The Morgan fingerprint density at radius 3 is 2.38 bits per heavy atom. The van der Waals surface area contributed by atoms with Crippen LogP contribution in [0, 0.1) is 0 Å². The number of esters is 1. The van der Waals surface area contributed by atoms with Crippen LogP contribution in [0.1, 0.15) is 21.2 Å². The number of thioether (sulfide) groups is 1. The molecule has 9 nitrogen and oxygen atoms in total. The molecule has 0 spiro atoms. The molecule has 0 aliphatic carbocycles. The number of aromatic nitrogens is 3. The van der Waals surface area contributed by atoms with Crippen molar-refractivity contribution in [1.29, 1.82) is 0 Å². The zero-order valence-electron chi connectivity index (χ0n) is 19.4. The molecule has 4 heterocycles. The van der Waals surface area contributed by atoms with E-state index in [9.17, 15) is 18.0 Å². The van der Waals surface area contributed by atoms with Crippen LogP contribution in [0.25, 0.3) is 11.0 Å². The van der Waals surface area contributed by atoms with E-state index in [-0.39, 0.29) is 26.1 Å². The Kier molecular flexibility index (Phi) is 6.40. The van der Waals surface area contributed by atoms with Crippen LogP contribution in [-0.2, 0) is 19.4 Å². The van der Waals surface area contributed by atoms with Crippen LogP contribution < -0.4 is 16.3 Å². The van der Waals surface area contributed by atoms with E-state index in [1.807, 2.05) is 0 Å². The van der Waals surface area contributed by atoms with Crippen molar-refractivity contribution < 1.29 is 22.7 Å². The van der Waals surface area contributed by atoms with E-state index in [2.05, 4.69) is 9.97 Å². The Morgan fingerprint density at radius 2 is 1.76 bits per heavy atom. The summed E-state index contributed by atoms with van der Waals surface area (Å²) in [5.74, 6) is -1.30. The highest BCUT2D eigenvalue weighted by Gasteiger charge is 2.40. The molecule has 0 saturated heterocycles. The largest absolute Gasteiger partial charge is 0.465 e. The first-order valence-electron chi connectivity index (χ1n) is 11.0. The highest BCUT2D eigenvalue weighted by Crippen LogP contribution is 2.40. The number of ether oxygens (including phenoxy) is 1. The number of fused-ring (bicyclic) bond motifs is 1. The maximum atomic E-state index is 14.0. The number of nitrogens with two attached hydrogens (primary N) is 1. The number of hydrogen-bond donors (Lipinski definition) is 1. The van der Waals surface area contributed by atoms with E-state index >= 15 is 0 Å². The van der Waals surface area contributed by atoms with Gasteiger partial charge in [0, 0.05) is 30.0 Å². The average molecular weight is 533 g/mol. The number of carbonyl (C=O) groups is 2. The average Bonchev–Trinajstić information content (AvgIpc) is 3.23. The van der Waals surface area contributed by atoms with Gasteiger partial charge in [-0.15, -0.1) is 0 Å². The van der Waals surface area contributed by atoms with Crippen LogP contribution >= 0.6 is 11.8 Å². The summed E-state index contributed by atoms with van der Waals surface area (Å²) in [5, 5.41) is -1.12. The van der Waals surface area contributed by atoms with Gasteiger partial charge in [-0.05, 0) is 41.5 Å². The Morgan fingerprint density at radius 1 is 1.05 bits per heavy atom. The highest BCUT2D eigenvalue weighted by molar-refractivity contribution is 8.10. The van der Waals surface area contributed by atoms with Crippen LogP contribution in [0.15, 0.2) is 89.3 Å². The minimum Gasteiger partial charge on any atom is -0.465 e. The molecule has 0 radical (unpaired) electrons. The normalized spacial score (nSPS) is 15.9. The summed E-state index contributed by atoms with van der Waals surface area (Å²) >= 11 is 0.967. The molecule has 3 aromatic heterocycles. The third kappa shape index (κ3) is 4.21. The lowest BCUT2D eigenvalue weighted by Crippen LogP contribution is -2.42. The van der Waals surface area contributed by atoms with E-state index in [1.165, 1.54) is 25.4 Å². The standard InChI is InChI=1S/C26H20N4O5S2/c1-35-26(32)23-21-19(13-16-7-5-11-28-14-16)20(27)25(37(33,34)18-9-3-2-4-10-18)30(21)24(31)22(36-23)17-8-6-12-29-15-17/h2-15,22H,27H2,1H3/b19-13+. The molecule has 1 unspecified atom stereocenters. The lowest BCUT2D eigenvalue weighted by atomic mass is 10.2. The summed E-state index contributed by atoms with van der Waals surface area (Å²) in [7, 11) is -3.07. The van der Waals surface area contributed by atoms with E-state index < -0.39 is 32.0 Å². The van der Waals surface area contributed by atoms with Crippen molar-refractivity contribution in [2.45, 2.75) is 15.2 Å².